The van der Waals surface area contributed by atoms with Gasteiger partial charge in [0, 0.05) is 12.0 Å². The molecule has 0 aliphatic carbocycles. The van der Waals surface area contributed by atoms with Gasteiger partial charge in [0.2, 0.25) is 0 Å². The minimum absolute atomic E-state index is 0.135. The van der Waals surface area contributed by atoms with Gasteiger partial charge in [0.15, 0.2) is 0 Å². The maximum absolute atomic E-state index is 11.1. The predicted molar refractivity (Wildman–Crippen MR) is 84.1 cm³/mol. The Labute approximate surface area is 144 Å². The van der Waals surface area contributed by atoms with E-state index in [1.165, 1.54) is 0 Å². The summed E-state index contributed by atoms with van der Waals surface area (Å²) in [5.41, 5.74) is 1.50. The number of carbonyl (C=O) groups is 1. The first-order valence-corrected chi connectivity index (χ1v) is 7.58. The van der Waals surface area contributed by atoms with Gasteiger partial charge < -0.3 is 35.0 Å². The zero-order chi connectivity index (χ0) is 18.6. The topological polar surface area (TPSA) is 137 Å². The number of aliphatic hydroxyl groups excluding tert-OH is 3. The van der Waals surface area contributed by atoms with Crippen LogP contribution in [0.4, 0.5) is 0 Å². The molecule has 1 aliphatic heterocycles. The molecule has 0 saturated carbocycles. The molecule has 1 saturated heterocycles. The van der Waals surface area contributed by atoms with E-state index in [0.29, 0.717) is 5.56 Å². The highest BCUT2D eigenvalue weighted by Gasteiger charge is 2.52. The average Bonchev–Trinajstić information content (AvgIpc) is 2.58. The Balaban J connectivity index is 1.93. The molecule has 0 spiro atoms. The fourth-order valence-corrected chi connectivity index (χ4v) is 2.50. The molecule has 5 atom stereocenters. The van der Waals surface area contributed by atoms with Crippen LogP contribution in [0.25, 0.3) is 0 Å². The van der Waals surface area contributed by atoms with Crippen molar-refractivity contribution in [3.05, 3.63) is 35.4 Å². The molecule has 1 aromatic carbocycles. The lowest BCUT2D eigenvalue weighted by Crippen LogP contribution is -2.61. The molecule has 0 aromatic heterocycles. The van der Waals surface area contributed by atoms with Gasteiger partial charge in [-0.15, -0.1) is 6.42 Å². The monoisotopic (exact) mass is 352 g/mol. The molecular weight excluding hydrogens is 332 g/mol. The van der Waals surface area contributed by atoms with E-state index in [-0.39, 0.29) is 13.2 Å². The summed E-state index contributed by atoms with van der Waals surface area (Å²) in [6.45, 7) is -0.169. The van der Waals surface area contributed by atoms with E-state index in [1.54, 1.807) is 24.3 Å². The van der Waals surface area contributed by atoms with Crippen LogP contribution in [-0.2, 0) is 20.9 Å². The van der Waals surface area contributed by atoms with Gasteiger partial charge in [-0.2, -0.15) is 0 Å². The number of carboxylic acids is 1. The number of benzene rings is 1. The minimum atomic E-state index is -2.69. The van der Waals surface area contributed by atoms with Gasteiger partial charge in [-0.05, 0) is 17.7 Å². The third-order valence-electron chi connectivity index (χ3n) is 3.94. The fourth-order valence-electron chi connectivity index (χ4n) is 2.50. The summed E-state index contributed by atoms with van der Waals surface area (Å²) in [4.78, 5) is 11.1. The number of hydrogen-bond acceptors (Lipinski definition) is 7. The van der Waals surface area contributed by atoms with Crippen molar-refractivity contribution in [3.63, 3.8) is 0 Å². The van der Waals surface area contributed by atoms with Crippen LogP contribution < -0.4 is 0 Å². The second-order valence-electron chi connectivity index (χ2n) is 5.86. The molecule has 1 aliphatic rings. The molecule has 2 rings (SSSR count). The second-order valence-corrected chi connectivity index (χ2v) is 5.86. The number of carboxylic acid groups (broad SMARTS) is 1. The number of rotatable bonds is 6. The summed E-state index contributed by atoms with van der Waals surface area (Å²) in [6, 6.07) is 6.96. The van der Waals surface area contributed by atoms with E-state index in [2.05, 4.69) is 5.92 Å². The van der Waals surface area contributed by atoms with Crippen molar-refractivity contribution in [2.45, 2.75) is 43.2 Å². The molecule has 1 fully saturated rings. The molecule has 1 unspecified atom stereocenters. The summed E-state index contributed by atoms with van der Waals surface area (Å²) in [5, 5.41) is 48.5. The smallest absolute Gasteiger partial charge is 0.364 e. The molecule has 8 heteroatoms. The van der Waals surface area contributed by atoms with Crippen LogP contribution in [0.1, 0.15) is 17.5 Å². The Bertz CT molecular complexity index is 637. The van der Waals surface area contributed by atoms with Crippen molar-refractivity contribution in [1.82, 2.24) is 0 Å². The van der Waals surface area contributed by atoms with Crippen LogP contribution in [0.2, 0.25) is 0 Å². The van der Waals surface area contributed by atoms with Gasteiger partial charge in [0.05, 0.1) is 19.3 Å². The van der Waals surface area contributed by atoms with Crippen molar-refractivity contribution in [2.75, 3.05) is 6.61 Å². The van der Waals surface area contributed by atoms with Crippen molar-refractivity contribution < 1.29 is 39.8 Å². The molecule has 1 aromatic rings. The van der Waals surface area contributed by atoms with Crippen molar-refractivity contribution in [3.8, 4) is 12.3 Å². The van der Waals surface area contributed by atoms with Gasteiger partial charge in [-0.1, -0.05) is 18.1 Å². The number of hydrogen-bond donors (Lipinski definition) is 5. The molecule has 1 heterocycles. The van der Waals surface area contributed by atoms with Crippen LogP contribution in [0.15, 0.2) is 24.3 Å². The molecule has 0 amide bonds. The summed E-state index contributed by atoms with van der Waals surface area (Å²) in [6.07, 6.45) is -1.56. The molecule has 0 bridgehead atoms. The average molecular weight is 352 g/mol. The predicted octanol–water partition coefficient (Wildman–Crippen LogP) is -1.17. The van der Waals surface area contributed by atoms with Crippen molar-refractivity contribution >= 4 is 5.97 Å². The van der Waals surface area contributed by atoms with E-state index >= 15 is 0 Å². The van der Waals surface area contributed by atoms with Gasteiger partial charge in [0.25, 0.3) is 5.79 Å². The third kappa shape index (κ3) is 4.55. The molecular formula is C17H20O8. The van der Waals surface area contributed by atoms with E-state index in [1.807, 2.05) is 0 Å². The number of terminal acetylenes is 1. The Hall–Kier alpha value is -1.99. The van der Waals surface area contributed by atoms with Gasteiger partial charge >= 0.3 is 5.97 Å². The van der Waals surface area contributed by atoms with Crippen molar-refractivity contribution in [2.24, 2.45) is 0 Å². The molecule has 136 valence electrons. The highest BCUT2D eigenvalue weighted by atomic mass is 16.7. The van der Waals surface area contributed by atoms with E-state index in [9.17, 15) is 25.2 Å². The Morgan fingerprint density at radius 3 is 2.60 bits per heavy atom. The summed E-state index contributed by atoms with van der Waals surface area (Å²) in [5.74, 6) is -1.93. The first-order chi connectivity index (χ1) is 11.8. The molecule has 0 radical (unpaired) electrons. The fraction of sp³-hybridized carbons (Fsp3) is 0.471. The maximum atomic E-state index is 11.1. The van der Waals surface area contributed by atoms with Crippen molar-refractivity contribution in [1.29, 1.82) is 0 Å². The van der Waals surface area contributed by atoms with Gasteiger partial charge in [0.1, 0.15) is 18.3 Å². The zero-order valence-electron chi connectivity index (χ0n) is 13.3. The lowest BCUT2D eigenvalue weighted by atomic mass is 9.93. The van der Waals surface area contributed by atoms with Crippen LogP contribution >= 0.6 is 0 Å². The van der Waals surface area contributed by atoms with Crippen LogP contribution in [-0.4, -0.2) is 68.3 Å². The quantitative estimate of drug-likeness (QED) is 0.404. The standard InChI is InChI=1S/C17H20O8/c1-2-10-3-5-11(6-4-10)8-24-9-13(19)15-14(20)12(18)7-17(23,25-15)16(21)22/h1,3-6,12-15,18-20,23H,7-9H2,(H,21,22)/t12-,13-,14-,15?,17-/m1/s1. The third-order valence-corrected chi connectivity index (χ3v) is 3.94. The molecule has 5 N–H and O–H groups in total. The van der Waals surface area contributed by atoms with Crippen LogP contribution in [0.5, 0.6) is 0 Å². The van der Waals surface area contributed by atoms with E-state index in [0.717, 1.165) is 5.56 Å². The number of aliphatic hydroxyl groups is 4. The maximum Gasteiger partial charge on any atom is 0.364 e. The summed E-state index contributed by atoms with van der Waals surface area (Å²) in [7, 11) is 0. The molecule has 8 nitrogen and oxygen atoms in total. The largest absolute Gasteiger partial charge is 0.477 e. The highest BCUT2D eigenvalue weighted by Crippen LogP contribution is 2.29. The summed E-state index contributed by atoms with van der Waals surface area (Å²) >= 11 is 0. The van der Waals surface area contributed by atoms with Crippen LogP contribution in [0.3, 0.4) is 0 Å². The minimum Gasteiger partial charge on any atom is -0.477 e. The van der Waals surface area contributed by atoms with Crippen LogP contribution in [0, 0.1) is 12.3 Å². The summed E-state index contributed by atoms with van der Waals surface area (Å²) < 4.78 is 10.2. The lowest BCUT2D eigenvalue weighted by molar-refractivity contribution is -0.309. The second kappa shape index (κ2) is 7.93. The first-order valence-electron chi connectivity index (χ1n) is 7.58. The zero-order valence-corrected chi connectivity index (χ0v) is 13.3. The SMILES string of the molecule is C#Cc1ccc(COC[C@@H](O)C2O[C@@](O)(C(=O)O)C[C@@H](O)[C@H]2O)cc1. The number of ether oxygens (including phenoxy) is 2. The highest BCUT2D eigenvalue weighted by molar-refractivity contribution is 5.75. The normalized spacial score (nSPS) is 30.4. The Kier molecular flexibility index (Phi) is 6.13. The molecule has 25 heavy (non-hydrogen) atoms. The van der Waals surface area contributed by atoms with E-state index < -0.39 is 42.6 Å². The first kappa shape index (κ1) is 19.3. The lowest BCUT2D eigenvalue weighted by Gasteiger charge is -2.41. The van der Waals surface area contributed by atoms with Gasteiger partial charge in [-0.25, -0.2) is 4.79 Å². The van der Waals surface area contributed by atoms with E-state index in [4.69, 9.17) is 21.0 Å². The van der Waals surface area contributed by atoms with Gasteiger partial charge in [-0.3, -0.25) is 0 Å². The Morgan fingerprint density at radius 2 is 2.04 bits per heavy atom. The number of aliphatic carboxylic acids is 1. The Morgan fingerprint density at radius 1 is 1.40 bits per heavy atom.